The number of piperidine rings is 1. The summed E-state index contributed by atoms with van der Waals surface area (Å²) in [6.07, 6.45) is 8.37. The fraction of sp³-hybridized carbons (Fsp3) is 0.500. The Morgan fingerprint density at radius 1 is 0.742 bits per heavy atom. The summed E-state index contributed by atoms with van der Waals surface area (Å²) in [7, 11) is 0. The number of ketones is 1. The first-order valence-electron chi connectivity index (χ1n) is 12.2. The first-order chi connectivity index (χ1) is 15.2. The van der Waals surface area contributed by atoms with Crippen molar-refractivity contribution in [1.82, 2.24) is 4.90 Å². The predicted molar refractivity (Wildman–Crippen MR) is 123 cm³/mol. The van der Waals surface area contributed by atoms with Crippen LogP contribution in [0.15, 0.2) is 60.7 Å². The molecule has 31 heavy (non-hydrogen) atoms. The van der Waals surface area contributed by atoms with Gasteiger partial charge in [-0.3, -0.25) is 9.59 Å². The quantitative estimate of drug-likeness (QED) is 0.587. The minimum absolute atomic E-state index is 0.000334. The highest BCUT2D eigenvalue weighted by molar-refractivity contribution is 5.98. The summed E-state index contributed by atoms with van der Waals surface area (Å²) in [6, 6.07) is 20.9. The third kappa shape index (κ3) is 4.07. The van der Waals surface area contributed by atoms with Crippen LogP contribution in [-0.4, -0.2) is 29.2 Å². The van der Waals surface area contributed by atoms with E-state index in [2.05, 4.69) is 35.2 Å². The lowest BCUT2D eigenvalue weighted by atomic mass is 9.69. The number of fused-ring (bicyclic) bond motifs is 1. The highest BCUT2D eigenvalue weighted by Gasteiger charge is 2.44. The van der Waals surface area contributed by atoms with Gasteiger partial charge in [-0.25, -0.2) is 0 Å². The molecular weight excluding hydrogens is 382 g/mol. The maximum absolute atomic E-state index is 13.6. The number of hydrogen-bond acceptors (Lipinski definition) is 2. The second-order valence-electron chi connectivity index (χ2n) is 9.79. The van der Waals surface area contributed by atoms with Crippen molar-refractivity contribution >= 4 is 11.7 Å². The number of nitrogens with zero attached hydrogens (tertiary/aromatic N) is 1. The number of carbonyl (C=O) groups is 2. The van der Waals surface area contributed by atoms with Crippen LogP contribution >= 0.6 is 0 Å². The monoisotopic (exact) mass is 415 g/mol. The summed E-state index contributed by atoms with van der Waals surface area (Å²) in [5.74, 6) is 1.72. The summed E-state index contributed by atoms with van der Waals surface area (Å²) >= 11 is 0. The van der Waals surface area contributed by atoms with E-state index in [1.807, 2.05) is 30.3 Å². The van der Waals surface area contributed by atoms with Crippen LogP contribution in [0.1, 0.15) is 73.2 Å². The van der Waals surface area contributed by atoms with E-state index in [9.17, 15) is 9.59 Å². The highest BCUT2D eigenvalue weighted by Crippen LogP contribution is 2.45. The van der Waals surface area contributed by atoms with E-state index in [4.69, 9.17) is 0 Å². The zero-order valence-corrected chi connectivity index (χ0v) is 18.3. The Balaban J connectivity index is 1.28. The van der Waals surface area contributed by atoms with E-state index in [0.717, 1.165) is 44.2 Å². The molecule has 0 aromatic heterocycles. The molecule has 5 unspecified atom stereocenters. The van der Waals surface area contributed by atoms with Crippen LogP contribution in [0.4, 0.5) is 0 Å². The van der Waals surface area contributed by atoms with Gasteiger partial charge in [-0.15, -0.1) is 0 Å². The molecule has 5 rings (SSSR count). The Bertz CT molecular complexity index is 909. The third-order valence-electron chi connectivity index (χ3n) is 8.10. The van der Waals surface area contributed by atoms with Gasteiger partial charge in [0.1, 0.15) is 0 Å². The van der Waals surface area contributed by atoms with Crippen molar-refractivity contribution in [2.75, 3.05) is 6.54 Å². The molecular formula is C28H33NO2. The zero-order chi connectivity index (χ0) is 21.2. The molecule has 3 aliphatic rings. The predicted octanol–water partition coefficient (Wildman–Crippen LogP) is 5.86. The average Bonchev–Trinajstić information content (AvgIpc) is 3.34. The van der Waals surface area contributed by atoms with Crippen LogP contribution < -0.4 is 0 Å². The number of carbonyl (C=O) groups excluding carboxylic acids is 2. The normalized spacial score (nSPS) is 30.6. The van der Waals surface area contributed by atoms with Crippen LogP contribution in [0.3, 0.4) is 0 Å². The fourth-order valence-corrected chi connectivity index (χ4v) is 6.56. The Morgan fingerprint density at radius 3 is 2.19 bits per heavy atom. The number of likely N-dealkylation sites (tertiary alicyclic amines) is 1. The molecule has 3 nitrogen and oxygen atoms in total. The second kappa shape index (κ2) is 8.98. The minimum Gasteiger partial charge on any atom is -0.339 e. The maximum atomic E-state index is 13.6. The van der Waals surface area contributed by atoms with E-state index >= 15 is 0 Å². The first kappa shape index (κ1) is 20.5. The molecule has 2 aromatic carbocycles. The molecule has 2 aliphatic carbocycles. The van der Waals surface area contributed by atoms with Crippen LogP contribution in [0.2, 0.25) is 0 Å². The average molecular weight is 416 g/mol. The van der Waals surface area contributed by atoms with Gasteiger partial charge in [0.15, 0.2) is 5.78 Å². The topological polar surface area (TPSA) is 37.4 Å². The summed E-state index contributed by atoms with van der Waals surface area (Å²) in [5.41, 5.74) is 2.23. The molecule has 1 aliphatic heterocycles. The van der Waals surface area contributed by atoms with Crippen molar-refractivity contribution in [2.45, 2.75) is 63.3 Å². The molecule has 1 saturated heterocycles. The summed E-state index contributed by atoms with van der Waals surface area (Å²) < 4.78 is 0. The molecule has 2 aromatic rings. The third-order valence-corrected chi connectivity index (χ3v) is 8.10. The minimum atomic E-state index is 0.000334. The van der Waals surface area contributed by atoms with E-state index in [1.54, 1.807) is 0 Å². The number of hydrogen-bond donors (Lipinski definition) is 0. The van der Waals surface area contributed by atoms with Crippen LogP contribution in [0.25, 0.3) is 0 Å². The lowest BCUT2D eigenvalue weighted by Gasteiger charge is -2.49. The zero-order valence-electron chi connectivity index (χ0n) is 18.3. The number of Topliss-reactive ketones (excluding diaryl/α,β-unsaturated/α-hetero) is 1. The van der Waals surface area contributed by atoms with Crippen molar-refractivity contribution in [3.8, 4) is 0 Å². The van der Waals surface area contributed by atoms with Crippen LogP contribution in [0.5, 0.6) is 0 Å². The van der Waals surface area contributed by atoms with Gasteiger partial charge in [0.2, 0.25) is 5.91 Å². The molecule has 0 N–H and O–H groups in total. The van der Waals surface area contributed by atoms with Crippen molar-refractivity contribution in [3.63, 3.8) is 0 Å². The van der Waals surface area contributed by atoms with Crippen molar-refractivity contribution in [3.05, 3.63) is 71.8 Å². The maximum Gasteiger partial charge on any atom is 0.225 e. The highest BCUT2D eigenvalue weighted by atomic mass is 16.2. The number of rotatable bonds is 4. The van der Waals surface area contributed by atoms with E-state index < -0.39 is 0 Å². The molecule has 0 radical (unpaired) electrons. The van der Waals surface area contributed by atoms with Gasteiger partial charge in [0.25, 0.3) is 0 Å². The molecule has 2 saturated carbocycles. The fourth-order valence-electron chi connectivity index (χ4n) is 6.56. The van der Waals surface area contributed by atoms with Gasteiger partial charge in [-0.2, -0.15) is 0 Å². The largest absolute Gasteiger partial charge is 0.339 e. The van der Waals surface area contributed by atoms with Crippen LogP contribution in [-0.2, 0) is 4.79 Å². The number of amides is 1. The molecule has 162 valence electrons. The van der Waals surface area contributed by atoms with E-state index in [1.165, 1.54) is 24.8 Å². The molecule has 5 atom stereocenters. The Labute approximate surface area is 185 Å². The Hall–Kier alpha value is -2.42. The number of benzene rings is 2. The van der Waals surface area contributed by atoms with Gasteiger partial charge < -0.3 is 4.90 Å². The lowest BCUT2D eigenvalue weighted by Crippen LogP contribution is -2.53. The van der Waals surface area contributed by atoms with Gasteiger partial charge >= 0.3 is 0 Å². The molecule has 0 bridgehead atoms. The summed E-state index contributed by atoms with van der Waals surface area (Å²) in [4.78, 5) is 28.8. The Kier molecular flexibility index (Phi) is 5.93. The van der Waals surface area contributed by atoms with Crippen LogP contribution in [0, 0.1) is 17.8 Å². The van der Waals surface area contributed by atoms with Gasteiger partial charge in [0.05, 0.1) is 0 Å². The van der Waals surface area contributed by atoms with E-state index in [-0.39, 0.29) is 17.6 Å². The Morgan fingerprint density at radius 2 is 1.42 bits per heavy atom. The van der Waals surface area contributed by atoms with Crippen molar-refractivity contribution < 1.29 is 9.59 Å². The molecule has 1 amide bonds. The lowest BCUT2D eigenvalue weighted by molar-refractivity contribution is -0.142. The summed E-state index contributed by atoms with van der Waals surface area (Å²) in [6.45, 7) is 0.868. The smallest absolute Gasteiger partial charge is 0.225 e. The van der Waals surface area contributed by atoms with Gasteiger partial charge in [-0.05, 0) is 55.9 Å². The van der Waals surface area contributed by atoms with Gasteiger partial charge in [0, 0.05) is 30.0 Å². The van der Waals surface area contributed by atoms with E-state index in [0.29, 0.717) is 23.8 Å². The SMILES string of the molecule is O=C(c1ccccc1)C1CCC(C(=O)N2CCC(c3ccccc3)C3CCCCC32)C1. The molecule has 0 spiro atoms. The van der Waals surface area contributed by atoms with Crippen molar-refractivity contribution in [1.29, 1.82) is 0 Å². The second-order valence-corrected chi connectivity index (χ2v) is 9.79. The molecule has 3 fully saturated rings. The standard InChI is InChI=1S/C28H33NO2/c30-27(21-11-5-2-6-12-21)22-15-16-23(19-22)28(31)29-18-17-24(20-9-3-1-4-10-20)25-13-7-8-14-26(25)29/h1-6,9-12,22-26H,7-8,13-19H2. The van der Waals surface area contributed by atoms with Crippen molar-refractivity contribution in [2.24, 2.45) is 17.8 Å². The molecule has 3 heteroatoms. The summed E-state index contributed by atoms with van der Waals surface area (Å²) in [5, 5.41) is 0. The molecule has 1 heterocycles. The first-order valence-corrected chi connectivity index (χ1v) is 12.2. The van der Waals surface area contributed by atoms with Gasteiger partial charge in [-0.1, -0.05) is 73.5 Å².